The van der Waals surface area contributed by atoms with Gasteiger partial charge in [0.2, 0.25) is 0 Å². The third kappa shape index (κ3) is 3.73. The molecule has 0 saturated carbocycles. The molecule has 0 N–H and O–H groups in total. The van der Waals surface area contributed by atoms with E-state index in [9.17, 15) is 18.0 Å². The van der Waals surface area contributed by atoms with Gasteiger partial charge in [0, 0.05) is 5.56 Å². The van der Waals surface area contributed by atoms with Gasteiger partial charge in [-0.25, -0.2) is 13.2 Å². The molecule has 0 unspecified atom stereocenters. The lowest BCUT2D eigenvalue weighted by molar-refractivity contribution is 0.0999. The lowest BCUT2D eigenvalue weighted by atomic mass is 10.1. The van der Waals surface area contributed by atoms with Crippen LogP contribution in [-0.4, -0.2) is 33.9 Å². The molecule has 3 aromatic rings. The lowest BCUT2D eigenvalue weighted by Crippen LogP contribution is -2.52. The van der Waals surface area contributed by atoms with Crippen LogP contribution in [0.5, 0.6) is 5.75 Å². The lowest BCUT2D eigenvalue weighted by Gasteiger charge is -2.36. The number of sulfonamides is 1. The molecule has 0 fully saturated rings. The van der Waals surface area contributed by atoms with E-state index in [1.165, 1.54) is 24.1 Å². The van der Waals surface area contributed by atoms with Crippen LogP contribution in [0.1, 0.15) is 21.5 Å². The molecule has 0 saturated heterocycles. The zero-order chi connectivity index (χ0) is 23.0. The second kappa shape index (κ2) is 8.12. The number of carbonyl (C=O) groups excluding carboxylic acids is 2. The molecule has 0 aromatic heterocycles. The Kier molecular flexibility index (Phi) is 5.48. The monoisotopic (exact) mass is 450 g/mol. The number of hydrogen-bond acceptors (Lipinski definition) is 5. The van der Waals surface area contributed by atoms with E-state index >= 15 is 0 Å². The molecule has 0 bridgehead atoms. The number of rotatable bonds is 5. The first-order valence-electron chi connectivity index (χ1n) is 9.94. The Hall–Kier alpha value is -3.65. The summed E-state index contributed by atoms with van der Waals surface area (Å²) in [6, 6.07) is 17.1. The van der Waals surface area contributed by atoms with Crippen molar-refractivity contribution in [2.24, 2.45) is 0 Å². The van der Waals surface area contributed by atoms with Gasteiger partial charge < -0.3 is 4.74 Å². The van der Waals surface area contributed by atoms with Gasteiger partial charge in [0.05, 0.1) is 25.0 Å². The minimum absolute atomic E-state index is 0.0266. The fraction of sp³-hybridized carbons (Fsp3) is 0.167. The maximum Gasteiger partial charge on any atom is 0.343 e. The van der Waals surface area contributed by atoms with Gasteiger partial charge in [-0.05, 0) is 73.5 Å². The van der Waals surface area contributed by atoms with E-state index in [0.29, 0.717) is 11.3 Å². The molecular formula is C24H22N2O5S. The van der Waals surface area contributed by atoms with Crippen molar-refractivity contribution >= 4 is 33.2 Å². The van der Waals surface area contributed by atoms with Crippen LogP contribution in [0.4, 0.5) is 16.2 Å². The minimum Gasteiger partial charge on any atom is -0.497 e. The quantitative estimate of drug-likeness (QED) is 0.540. The fourth-order valence-electron chi connectivity index (χ4n) is 3.79. The molecular weight excluding hydrogens is 428 g/mol. The number of urea groups is 1. The third-order valence-electron chi connectivity index (χ3n) is 5.23. The van der Waals surface area contributed by atoms with Crippen LogP contribution in [-0.2, 0) is 10.0 Å². The van der Waals surface area contributed by atoms with Gasteiger partial charge in [-0.3, -0.25) is 9.69 Å². The molecule has 0 aliphatic carbocycles. The number of ketones is 1. The molecule has 32 heavy (non-hydrogen) atoms. The molecule has 0 radical (unpaired) electrons. The Bertz CT molecular complexity index is 1300. The summed E-state index contributed by atoms with van der Waals surface area (Å²) in [5.74, 6) is 0.281. The maximum atomic E-state index is 13.5. The maximum absolute atomic E-state index is 13.5. The number of ether oxygens (including phenoxy) is 1. The third-order valence-corrected chi connectivity index (χ3v) is 6.98. The van der Waals surface area contributed by atoms with Crippen LogP contribution in [0.3, 0.4) is 0 Å². The van der Waals surface area contributed by atoms with Crippen molar-refractivity contribution in [3.8, 4) is 5.75 Å². The normalized spacial score (nSPS) is 14.8. The van der Waals surface area contributed by atoms with Crippen LogP contribution in [0.25, 0.3) is 0 Å². The molecule has 0 spiro atoms. The molecule has 2 amide bonds. The van der Waals surface area contributed by atoms with Crippen LogP contribution < -0.4 is 13.9 Å². The first-order valence-corrected chi connectivity index (χ1v) is 11.4. The van der Waals surface area contributed by atoms with Crippen molar-refractivity contribution in [3.63, 3.8) is 0 Å². The number of Topliss-reactive ketones (excluding diaryl/α,β-unsaturated/α-hetero) is 1. The molecule has 7 nitrogen and oxygen atoms in total. The highest BCUT2D eigenvalue weighted by Gasteiger charge is 2.43. The average molecular weight is 451 g/mol. The van der Waals surface area contributed by atoms with Crippen LogP contribution in [0.2, 0.25) is 0 Å². The second-order valence-corrected chi connectivity index (χ2v) is 9.36. The number of anilines is 2. The Labute approximate surface area is 186 Å². The number of carbonyl (C=O) groups is 2. The van der Waals surface area contributed by atoms with Crippen LogP contribution in [0, 0.1) is 13.8 Å². The number of fused-ring (bicyclic) bond motifs is 1. The predicted octanol–water partition coefficient (Wildman–Crippen LogP) is 4.33. The summed E-state index contributed by atoms with van der Waals surface area (Å²) in [6.45, 7) is 3.35. The number of methoxy groups -OCH3 is 1. The molecule has 1 aliphatic rings. The molecule has 3 aromatic carbocycles. The fourth-order valence-corrected chi connectivity index (χ4v) is 5.37. The highest BCUT2D eigenvalue weighted by atomic mass is 32.2. The summed E-state index contributed by atoms with van der Waals surface area (Å²) in [5, 5.41) is 0. The van der Waals surface area contributed by atoms with Crippen molar-refractivity contribution in [3.05, 3.63) is 83.4 Å². The largest absolute Gasteiger partial charge is 0.497 e. The van der Waals surface area contributed by atoms with E-state index < -0.39 is 16.1 Å². The van der Waals surface area contributed by atoms with Gasteiger partial charge >= 0.3 is 6.03 Å². The van der Waals surface area contributed by atoms with Crippen molar-refractivity contribution in [2.45, 2.75) is 18.7 Å². The first-order chi connectivity index (χ1) is 15.2. The number of nitrogens with zero attached hydrogens (tertiary/aromatic N) is 2. The Morgan fingerprint density at radius 3 is 2.19 bits per heavy atom. The molecule has 164 valence electrons. The minimum atomic E-state index is -4.15. The van der Waals surface area contributed by atoms with Gasteiger partial charge in [0.1, 0.15) is 10.6 Å². The summed E-state index contributed by atoms with van der Waals surface area (Å²) >= 11 is 0. The number of amides is 2. The van der Waals surface area contributed by atoms with Gasteiger partial charge in [-0.1, -0.05) is 18.2 Å². The smallest absolute Gasteiger partial charge is 0.343 e. The van der Waals surface area contributed by atoms with Gasteiger partial charge in [0.15, 0.2) is 5.78 Å². The Morgan fingerprint density at radius 2 is 1.56 bits per heavy atom. The summed E-state index contributed by atoms with van der Waals surface area (Å²) in [6.07, 6.45) is 0. The first kappa shape index (κ1) is 21.6. The number of benzene rings is 3. The predicted molar refractivity (Wildman–Crippen MR) is 122 cm³/mol. The molecule has 8 heteroatoms. The van der Waals surface area contributed by atoms with E-state index in [0.717, 1.165) is 15.4 Å². The van der Waals surface area contributed by atoms with Crippen molar-refractivity contribution in [1.29, 1.82) is 0 Å². The van der Waals surface area contributed by atoms with E-state index in [-0.39, 0.29) is 28.6 Å². The summed E-state index contributed by atoms with van der Waals surface area (Å²) in [4.78, 5) is 27.7. The van der Waals surface area contributed by atoms with Crippen LogP contribution >= 0.6 is 0 Å². The summed E-state index contributed by atoms with van der Waals surface area (Å²) < 4.78 is 32.7. The van der Waals surface area contributed by atoms with E-state index in [1.807, 2.05) is 19.9 Å². The van der Waals surface area contributed by atoms with E-state index in [2.05, 4.69) is 0 Å². The average Bonchev–Trinajstić information content (AvgIpc) is 2.76. The van der Waals surface area contributed by atoms with Crippen LogP contribution in [0.15, 0.2) is 71.6 Å². The second-order valence-electron chi connectivity index (χ2n) is 7.60. The molecule has 4 rings (SSSR count). The highest BCUT2D eigenvalue weighted by molar-refractivity contribution is 7.94. The number of para-hydroxylation sites is 1. The van der Waals surface area contributed by atoms with E-state index in [4.69, 9.17) is 4.74 Å². The zero-order valence-electron chi connectivity index (χ0n) is 17.9. The topological polar surface area (TPSA) is 84.0 Å². The molecule has 1 heterocycles. The van der Waals surface area contributed by atoms with Crippen molar-refractivity contribution in [1.82, 2.24) is 0 Å². The van der Waals surface area contributed by atoms with Crippen molar-refractivity contribution in [2.75, 3.05) is 22.9 Å². The number of aryl methyl sites for hydroxylation is 2. The Balaban J connectivity index is 1.79. The Morgan fingerprint density at radius 1 is 0.938 bits per heavy atom. The molecule has 0 atom stereocenters. The SMILES string of the molecule is COc1ccc(C(=O)CN2C(=O)N(c3cc(C)cc(C)c3)S(=O)(=O)c3ccccc32)cc1. The van der Waals surface area contributed by atoms with E-state index in [1.54, 1.807) is 48.5 Å². The summed E-state index contributed by atoms with van der Waals surface area (Å²) in [5.41, 5.74) is 2.46. The number of hydrogen-bond donors (Lipinski definition) is 0. The summed E-state index contributed by atoms with van der Waals surface area (Å²) in [7, 11) is -2.62. The molecule has 1 aliphatic heterocycles. The standard InChI is InChI=1S/C24H22N2O5S/c1-16-12-17(2)14-19(13-16)26-24(28)25(21-6-4-5-7-23(21)32(26,29)30)15-22(27)18-8-10-20(31-3)11-9-18/h4-14H,15H2,1-3H3. The van der Waals surface area contributed by atoms with Gasteiger partial charge in [-0.15, -0.1) is 0 Å². The zero-order valence-corrected chi connectivity index (χ0v) is 18.7. The van der Waals surface area contributed by atoms with Gasteiger partial charge in [0.25, 0.3) is 10.0 Å². The van der Waals surface area contributed by atoms with Crippen molar-refractivity contribution < 1.29 is 22.7 Å². The van der Waals surface area contributed by atoms with Gasteiger partial charge in [-0.2, -0.15) is 4.31 Å². The highest BCUT2D eigenvalue weighted by Crippen LogP contribution is 2.37.